The molecule has 1 heterocycles. The third-order valence-electron chi connectivity index (χ3n) is 5.68. The molecule has 0 radical (unpaired) electrons. The molecule has 0 spiro atoms. The van der Waals surface area contributed by atoms with Gasteiger partial charge in [-0.15, -0.1) is 0 Å². The summed E-state index contributed by atoms with van der Waals surface area (Å²) >= 11 is 0. The van der Waals surface area contributed by atoms with Crippen LogP contribution in [0.1, 0.15) is 24.0 Å². The number of hydrogen-bond acceptors (Lipinski definition) is 7. The van der Waals surface area contributed by atoms with E-state index in [4.69, 9.17) is 4.74 Å². The van der Waals surface area contributed by atoms with E-state index in [0.717, 1.165) is 14.2 Å². The Kier molecular flexibility index (Phi) is 8.00. The molecule has 0 unspecified atom stereocenters. The number of nitrogens with one attached hydrogen (secondary N) is 1. The molecular formula is C23H29N3O7S2. The standard InChI is InChI=1S/C23H29N3O7S2/c1-16-7-11-19(12-8-16)34(29,30)26-13-5-6-20(26)23(28)33-15-22(27)24-18-10-9-17(2)21(14-18)35(31,32)25(3)4/h7-12,14,20H,5-6,13,15H2,1-4H3,(H,24,27)/t20-/m0/s1. The van der Waals surface area contributed by atoms with Gasteiger partial charge in [-0.1, -0.05) is 23.8 Å². The van der Waals surface area contributed by atoms with Gasteiger partial charge in [-0.05, 0) is 56.5 Å². The minimum absolute atomic E-state index is 0.0419. The second kappa shape index (κ2) is 10.4. The van der Waals surface area contributed by atoms with Crippen molar-refractivity contribution in [2.45, 2.75) is 42.5 Å². The van der Waals surface area contributed by atoms with Gasteiger partial charge in [0.2, 0.25) is 20.0 Å². The number of sulfonamides is 2. The van der Waals surface area contributed by atoms with Crippen molar-refractivity contribution in [1.29, 1.82) is 0 Å². The molecule has 10 nitrogen and oxygen atoms in total. The number of nitrogens with zero attached hydrogens (tertiary/aromatic N) is 2. The summed E-state index contributed by atoms with van der Waals surface area (Å²) in [6.07, 6.45) is 0.777. The quantitative estimate of drug-likeness (QED) is 0.523. The predicted octanol–water partition coefficient (Wildman–Crippen LogP) is 1.89. The first-order valence-electron chi connectivity index (χ1n) is 10.9. The van der Waals surface area contributed by atoms with Gasteiger partial charge in [-0.2, -0.15) is 4.31 Å². The summed E-state index contributed by atoms with van der Waals surface area (Å²) in [5, 5.41) is 2.51. The summed E-state index contributed by atoms with van der Waals surface area (Å²) in [5.74, 6) is -1.49. The van der Waals surface area contributed by atoms with Gasteiger partial charge in [-0.3, -0.25) is 9.59 Å². The van der Waals surface area contributed by atoms with Crippen molar-refractivity contribution in [3.05, 3.63) is 53.6 Å². The molecule has 3 rings (SSSR count). The van der Waals surface area contributed by atoms with Gasteiger partial charge in [-0.25, -0.2) is 21.1 Å². The first-order chi connectivity index (χ1) is 16.3. The number of benzene rings is 2. The average molecular weight is 524 g/mol. The highest BCUT2D eigenvalue weighted by Gasteiger charge is 2.40. The van der Waals surface area contributed by atoms with E-state index in [1.807, 2.05) is 6.92 Å². The maximum absolute atomic E-state index is 13.0. The highest BCUT2D eigenvalue weighted by molar-refractivity contribution is 7.89. The Balaban J connectivity index is 1.65. The van der Waals surface area contributed by atoms with Crippen LogP contribution in [0.4, 0.5) is 5.69 Å². The molecule has 1 aliphatic heterocycles. The lowest BCUT2D eigenvalue weighted by molar-refractivity contribution is -0.150. The molecule has 0 aromatic heterocycles. The predicted molar refractivity (Wildman–Crippen MR) is 130 cm³/mol. The molecule has 1 aliphatic rings. The van der Waals surface area contributed by atoms with Crippen molar-refractivity contribution >= 4 is 37.6 Å². The molecule has 2 aromatic rings. The topological polar surface area (TPSA) is 130 Å². The lowest BCUT2D eigenvalue weighted by Gasteiger charge is -2.22. The fourth-order valence-electron chi connectivity index (χ4n) is 3.69. The Morgan fingerprint density at radius 1 is 1.06 bits per heavy atom. The Hall–Kier alpha value is -2.80. The van der Waals surface area contributed by atoms with Crippen LogP contribution in [0.2, 0.25) is 0 Å². The molecular weight excluding hydrogens is 494 g/mol. The van der Waals surface area contributed by atoms with Crippen LogP contribution in [0.5, 0.6) is 0 Å². The summed E-state index contributed by atoms with van der Waals surface area (Å²) in [6.45, 7) is 3.02. The van der Waals surface area contributed by atoms with Crippen LogP contribution in [0.3, 0.4) is 0 Å². The van der Waals surface area contributed by atoms with E-state index in [1.54, 1.807) is 25.1 Å². The van der Waals surface area contributed by atoms with Crippen molar-refractivity contribution in [2.75, 3.05) is 32.6 Å². The Bertz CT molecular complexity index is 1320. The van der Waals surface area contributed by atoms with Crippen LogP contribution >= 0.6 is 0 Å². The number of carbonyl (C=O) groups is 2. The molecule has 2 aromatic carbocycles. The number of amides is 1. The fourth-order valence-corrected chi connectivity index (χ4v) is 6.48. The summed E-state index contributed by atoms with van der Waals surface area (Å²) in [6, 6.07) is 9.75. The zero-order valence-electron chi connectivity index (χ0n) is 20.0. The van der Waals surface area contributed by atoms with Crippen LogP contribution in [0.25, 0.3) is 0 Å². The zero-order chi connectivity index (χ0) is 26.0. The first-order valence-corrected chi connectivity index (χ1v) is 13.8. The normalized spacial score (nSPS) is 16.9. The minimum Gasteiger partial charge on any atom is -0.454 e. The molecule has 0 aliphatic carbocycles. The third kappa shape index (κ3) is 5.89. The largest absolute Gasteiger partial charge is 0.454 e. The zero-order valence-corrected chi connectivity index (χ0v) is 21.6. The SMILES string of the molecule is Cc1ccc(S(=O)(=O)N2CCC[C@H]2C(=O)OCC(=O)Nc2ccc(C)c(S(=O)(=O)N(C)C)c2)cc1. The van der Waals surface area contributed by atoms with Gasteiger partial charge < -0.3 is 10.1 Å². The minimum atomic E-state index is -3.90. The van der Waals surface area contributed by atoms with Crippen molar-refractivity contribution in [3.8, 4) is 0 Å². The van der Waals surface area contributed by atoms with Crippen molar-refractivity contribution in [2.24, 2.45) is 0 Å². The summed E-state index contributed by atoms with van der Waals surface area (Å²) in [7, 11) is -4.79. The van der Waals surface area contributed by atoms with Gasteiger partial charge in [0.1, 0.15) is 6.04 Å². The van der Waals surface area contributed by atoms with Crippen LogP contribution in [0.15, 0.2) is 52.3 Å². The van der Waals surface area contributed by atoms with E-state index >= 15 is 0 Å². The highest BCUT2D eigenvalue weighted by atomic mass is 32.2. The molecule has 1 saturated heterocycles. The lowest BCUT2D eigenvalue weighted by atomic mass is 10.2. The lowest BCUT2D eigenvalue weighted by Crippen LogP contribution is -2.42. The molecule has 190 valence electrons. The number of hydrogen-bond donors (Lipinski definition) is 1. The first kappa shape index (κ1) is 26.8. The molecule has 35 heavy (non-hydrogen) atoms. The maximum atomic E-state index is 13.0. The van der Waals surface area contributed by atoms with Gasteiger partial charge in [0.05, 0.1) is 9.79 Å². The molecule has 1 N–H and O–H groups in total. The Morgan fingerprint density at radius 3 is 2.34 bits per heavy atom. The molecule has 1 fully saturated rings. The van der Waals surface area contributed by atoms with E-state index < -0.39 is 44.6 Å². The van der Waals surface area contributed by atoms with Gasteiger partial charge in [0.25, 0.3) is 5.91 Å². The van der Waals surface area contributed by atoms with Crippen molar-refractivity contribution in [3.63, 3.8) is 0 Å². The second-order valence-electron chi connectivity index (χ2n) is 8.51. The van der Waals surface area contributed by atoms with Crippen molar-refractivity contribution in [1.82, 2.24) is 8.61 Å². The smallest absolute Gasteiger partial charge is 0.324 e. The van der Waals surface area contributed by atoms with Crippen LogP contribution in [0, 0.1) is 13.8 Å². The number of anilines is 1. The summed E-state index contributed by atoms with van der Waals surface area (Å²) in [4.78, 5) is 25.1. The molecule has 0 bridgehead atoms. The Morgan fingerprint density at radius 2 is 1.71 bits per heavy atom. The van der Waals surface area contributed by atoms with Crippen LogP contribution < -0.4 is 5.32 Å². The van der Waals surface area contributed by atoms with Gasteiger partial charge in [0.15, 0.2) is 6.61 Å². The van der Waals surface area contributed by atoms with E-state index in [0.29, 0.717) is 12.0 Å². The molecule has 1 amide bonds. The number of aryl methyl sites for hydroxylation is 2. The highest BCUT2D eigenvalue weighted by Crippen LogP contribution is 2.27. The Labute approximate surface area is 206 Å². The maximum Gasteiger partial charge on any atom is 0.324 e. The van der Waals surface area contributed by atoms with Crippen LogP contribution in [-0.4, -0.2) is 70.6 Å². The number of carbonyl (C=O) groups excluding carboxylic acids is 2. The van der Waals surface area contributed by atoms with Gasteiger partial charge in [0, 0.05) is 26.3 Å². The molecule has 12 heteroatoms. The molecule has 0 saturated carbocycles. The fraction of sp³-hybridized carbons (Fsp3) is 0.391. The number of esters is 1. The monoisotopic (exact) mass is 523 g/mol. The van der Waals surface area contributed by atoms with Crippen LogP contribution in [-0.2, 0) is 34.4 Å². The van der Waals surface area contributed by atoms with E-state index in [2.05, 4.69) is 5.32 Å². The second-order valence-corrected chi connectivity index (χ2v) is 12.5. The van der Waals surface area contributed by atoms with E-state index in [-0.39, 0.29) is 28.4 Å². The van der Waals surface area contributed by atoms with E-state index in [1.165, 1.54) is 38.4 Å². The number of rotatable bonds is 8. The summed E-state index contributed by atoms with van der Waals surface area (Å²) < 4.78 is 58.3. The van der Waals surface area contributed by atoms with Crippen molar-refractivity contribution < 1.29 is 31.2 Å². The molecule has 1 atom stereocenters. The van der Waals surface area contributed by atoms with E-state index in [9.17, 15) is 26.4 Å². The van der Waals surface area contributed by atoms with Gasteiger partial charge >= 0.3 is 5.97 Å². The average Bonchev–Trinajstić information content (AvgIpc) is 3.30. The summed E-state index contributed by atoms with van der Waals surface area (Å²) in [5.41, 5.74) is 1.65. The number of ether oxygens (including phenoxy) is 1. The third-order valence-corrected chi connectivity index (χ3v) is 9.56.